The molecule has 0 saturated carbocycles. The molecule has 0 fully saturated rings. The first-order valence-corrected chi connectivity index (χ1v) is 9.12. The molecule has 1 heterocycles. The molecule has 1 aromatic carbocycles. The van der Waals surface area contributed by atoms with Crippen LogP contribution in [0.3, 0.4) is 0 Å². The van der Waals surface area contributed by atoms with Gasteiger partial charge in [0, 0.05) is 24.4 Å². The molecule has 0 aliphatic rings. The Kier molecular flexibility index (Phi) is 7.76. The topological polar surface area (TPSA) is 47.0 Å². The molecule has 2 aromatic rings. The smallest absolute Gasteiger partial charge is 0.330 e. The SMILES string of the molecule is C=CC(=O)OCCCCCCn1cc(-c2ccccc2)c(=S)[nH]c1=S. The van der Waals surface area contributed by atoms with E-state index in [1.807, 2.05) is 41.1 Å². The third-order valence-corrected chi connectivity index (χ3v) is 4.46. The number of aromatic nitrogens is 2. The van der Waals surface area contributed by atoms with E-state index in [0.29, 0.717) is 16.0 Å². The minimum Gasteiger partial charge on any atom is -0.463 e. The van der Waals surface area contributed by atoms with Gasteiger partial charge in [-0.1, -0.05) is 55.5 Å². The number of carbonyl (C=O) groups is 1. The zero-order valence-corrected chi connectivity index (χ0v) is 15.7. The molecule has 25 heavy (non-hydrogen) atoms. The number of hydrogen-bond acceptors (Lipinski definition) is 4. The van der Waals surface area contributed by atoms with Crippen LogP contribution >= 0.6 is 24.4 Å². The highest BCUT2D eigenvalue weighted by molar-refractivity contribution is 7.72. The molecular formula is C19H22N2O2S2. The number of aryl methyl sites for hydroxylation is 1. The summed E-state index contributed by atoms with van der Waals surface area (Å²) in [5, 5.41) is 0. The first-order chi connectivity index (χ1) is 12.1. The lowest BCUT2D eigenvalue weighted by Gasteiger charge is -2.10. The van der Waals surface area contributed by atoms with E-state index in [2.05, 4.69) is 11.6 Å². The Bertz CT molecular complexity index is 825. The summed E-state index contributed by atoms with van der Waals surface area (Å²) in [5.74, 6) is -0.362. The number of nitrogens with zero attached hydrogens (tertiary/aromatic N) is 1. The molecule has 0 aliphatic carbocycles. The highest BCUT2D eigenvalue weighted by Crippen LogP contribution is 2.19. The van der Waals surface area contributed by atoms with E-state index in [-0.39, 0.29) is 5.97 Å². The second kappa shape index (κ2) is 10.1. The van der Waals surface area contributed by atoms with E-state index in [1.54, 1.807) is 0 Å². The van der Waals surface area contributed by atoms with E-state index < -0.39 is 0 Å². The van der Waals surface area contributed by atoms with Crippen LogP contribution in [0, 0.1) is 9.41 Å². The summed E-state index contributed by atoms with van der Waals surface area (Å²) in [6.45, 7) is 4.64. The Labute approximate surface area is 158 Å². The Morgan fingerprint density at radius 1 is 1.16 bits per heavy atom. The molecule has 4 nitrogen and oxygen atoms in total. The minimum atomic E-state index is -0.362. The van der Waals surface area contributed by atoms with Crippen molar-refractivity contribution in [2.45, 2.75) is 32.2 Å². The molecule has 132 valence electrons. The lowest BCUT2D eigenvalue weighted by molar-refractivity contribution is -0.137. The Balaban J connectivity index is 1.88. The first-order valence-electron chi connectivity index (χ1n) is 8.30. The predicted molar refractivity (Wildman–Crippen MR) is 106 cm³/mol. The number of benzene rings is 1. The summed E-state index contributed by atoms with van der Waals surface area (Å²) < 4.78 is 8.30. The van der Waals surface area contributed by atoms with Crippen molar-refractivity contribution in [2.24, 2.45) is 0 Å². The van der Waals surface area contributed by atoms with Gasteiger partial charge in [0.1, 0.15) is 4.64 Å². The number of hydrogen-bond donors (Lipinski definition) is 1. The van der Waals surface area contributed by atoms with Gasteiger partial charge in [0.2, 0.25) is 0 Å². The van der Waals surface area contributed by atoms with Gasteiger partial charge < -0.3 is 14.3 Å². The molecule has 6 heteroatoms. The number of H-pyrrole nitrogens is 1. The number of esters is 1. The van der Waals surface area contributed by atoms with Gasteiger partial charge in [-0.2, -0.15) is 0 Å². The van der Waals surface area contributed by atoms with Crippen molar-refractivity contribution in [1.82, 2.24) is 9.55 Å². The predicted octanol–water partition coefficient (Wildman–Crippen LogP) is 5.23. The second-order valence-corrected chi connectivity index (χ2v) is 6.44. The number of rotatable bonds is 9. The lowest BCUT2D eigenvalue weighted by atomic mass is 10.1. The van der Waals surface area contributed by atoms with Gasteiger partial charge >= 0.3 is 5.97 Å². The van der Waals surface area contributed by atoms with Crippen LogP contribution in [0.5, 0.6) is 0 Å². The fraction of sp³-hybridized carbons (Fsp3) is 0.316. The lowest BCUT2D eigenvalue weighted by Crippen LogP contribution is -2.04. The van der Waals surface area contributed by atoms with Gasteiger partial charge in [0.05, 0.1) is 6.61 Å². The van der Waals surface area contributed by atoms with Crippen LogP contribution in [0.4, 0.5) is 0 Å². The molecule has 0 atom stereocenters. The van der Waals surface area contributed by atoms with E-state index >= 15 is 0 Å². The Hall–Kier alpha value is -2.05. The van der Waals surface area contributed by atoms with Crippen LogP contribution in [0.15, 0.2) is 49.2 Å². The van der Waals surface area contributed by atoms with Crippen LogP contribution in [0.1, 0.15) is 25.7 Å². The average molecular weight is 375 g/mol. The third kappa shape index (κ3) is 6.07. The highest BCUT2D eigenvalue weighted by atomic mass is 32.1. The van der Waals surface area contributed by atoms with Crippen molar-refractivity contribution in [3.8, 4) is 11.1 Å². The standard InChI is InChI=1S/C19H22N2O2S2/c1-2-17(22)23-13-9-4-3-8-12-21-14-16(18(24)20-19(21)25)15-10-6-5-7-11-15/h2,5-7,10-11,14H,1,3-4,8-9,12-13H2,(H,20,24,25). The van der Waals surface area contributed by atoms with Gasteiger partial charge in [0.25, 0.3) is 0 Å². The molecule has 1 N–H and O–H groups in total. The Morgan fingerprint density at radius 2 is 1.88 bits per heavy atom. The Morgan fingerprint density at radius 3 is 2.60 bits per heavy atom. The number of carbonyl (C=O) groups excluding carboxylic acids is 1. The van der Waals surface area contributed by atoms with E-state index in [0.717, 1.165) is 43.4 Å². The molecule has 0 spiro atoms. The summed E-state index contributed by atoms with van der Waals surface area (Å²) in [6, 6.07) is 10.1. The zero-order chi connectivity index (χ0) is 18.1. The zero-order valence-electron chi connectivity index (χ0n) is 14.1. The fourth-order valence-electron chi connectivity index (χ4n) is 2.47. The maximum atomic E-state index is 10.9. The van der Waals surface area contributed by atoms with Gasteiger partial charge in [-0.3, -0.25) is 0 Å². The van der Waals surface area contributed by atoms with Crippen molar-refractivity contribution in [2.75, 3.05) is 6.61 Å². The van der Waals surface area contributed by atoms with Crippen LogP contribution < -0.4 is 0 Å². The maximum absolute atomic E-state index is 10.9. The van der Waals surface area contributed by atoms with Crippen molar-refractivity contribution in [3.63, 3.8) is 0 Å². The number of aromatic amines is 1. The first kappa shape index (κ1) is 19.3. The summed E-state index contributed by atoms with van der Waals surface area (Å²) in [5.41, 5.74) is 2.07. The van der Waals surface area contributed by atoms with Crippen LogP contribution in [-0.2, 0) is 16.1 Å². The molecule has 0 radical (unpaired) electrons. The molecule has 0 amide bonds. The molecule has 0 bridgehead atoms. The van der Waals surface area contributed by atoms with Crippen molar-refractivity contribution >= 4 is 30.4 Å². The molecular weight excluding hydrogens is 352 g/mol. The van der Waals surface area contributed by atoms with E-state index in [4.69, 9.17) is 29.2 Å². The second-order valence-electron chi connectivity index (χ2n) is 5.65. The van der Waals surface area contributed by atoms with Crippen molar-refractivity contribution in [3.05, 3.63) is 58.6 Å². The fourth-order valence-corrected chi connectivity index (χ4v) is 3.05. The summed E-state index contributed by atoms with van der Waals surface area (Å²) in [6.07, 6.45) is 7.13. The average Bonchev–Trinajstić information content (AvgIpc) is 2.62. The van der Waals surface area contributed by atoms with E-state index in [1.165, 1.54) is 6.08 Å². The van der Waals surface area contributed by atoms with Gasteiger partial charge in [-0.05, 0) is 37.0 Å². The minimum absolute atomic E-state index is 0.362. The number of nitrogens with one attached hydrogen (secondary N) is 1. The highest BCUT2D eigenvalue weighted by Gasteiger charge is 2.03. The van der Waals surface area contributed by atoms with E-state index in [9.17, 15) is 4.79 Å². The number of unbranched alkanes of at least 4 members (excludes halogenated alkanes) is 3. The van der Waals surface area contributed by atoms with Gasteiger partial charge in [-0.25, -0.2) is 4.79 Å². The normalized spacial score (nSPS) is 10.4. The molecule has 2 rings (SSSR count). The largest absolute Gasteiger partial charge is 0.463 e. The molecule has 0 aliphatic heterocycles. The van der Waals surface area contributed by atoms with Crippen LogP contribution in [-0.4, -0.2) is 22.1 Å². The molecule has 0 unspecified atom stereocenters. The van der Waals surface area contributed by atoms with Crippen LogP contribution in [0.2, 0.25) is 0 Å². The molecule has 0 saturated heterocycles. The molecule has 1 aromatic heterocycles. The quantitative estimate of drug-likeness (QED) is 0.282. The van der Waals surface area contributed by atoms with Gasteiger partial charge in [-0.15, -0.1) is 0 Å². The van der Waals surface area contributed by atoms with Crippen molar-refractivity contribution < 1.29 is 9.53 Å². The summed E-state index contributed by atoms with van der Waals surface area (Å²) in [7, 11) is 0. The maximum Gasteiger partial charge on any atom is 0.330 e. The monoisotopic (exact) mass is 374 g/mol. The summed E-state index contributed by atoms with van der Waals surface area (Å²) in [4.78, 5) is 14.0. The van der Waals surface area contributed by atoms with Crippen molar-refractivity contribution in [1.29, 1.82) is 0 Å². The third-order valence-electron chi connectivity index (χ3n) is 3.80. The van der Waals surface area contributed by atoms with Gasteiger partial charge in [0.15, 0.2) is 4.77 Å². The number of ether oxygens (including phenoxy) is 1. The summed E-state index contributed by atoms with van der Waals surface area (Å²) >= 11 is 10.8. The van der Waals surface area contributed by atoms with Crippen LogP contribution in [0.25, 0.3) is 11.1 Å².